The van der Waals surface area contributed by atoms with E-state index < -0.39 is 0 Å². The van der Waals surface area contributed by atoms with Crippen LogP contribution in [0.4, 0.5) is 0 Å². The van der Waals surface area contributed by atoms with Crippen LogP contribution in [0.15, 0.2) is 22.8 Å². The minimum atomic E-state index is 0.301. The number of rotatable bonds is 6. The minimum absolute atomic E-state index is 0.301. The molecule has 0 spiro atoms. The molecule has 0 bridgehead atoms. The number of hydrogen-bond acceptors (Lipinski definition) is 4. The molecule has 2 heterocycles. The number of ether oxygens (including phenoxy) is 2. The van der Waals surface area contributed by atoms with E-state index in [4.69, 9.17) is 13.9 Å². The van der Waals surface area contributed by atoms with Crippen molar-refractivity contribution in [1.82, 2.24) is 5.32 Å². The molecule has 1 aromatic rings. The van der Waals surface area contributed by atoms with Crippen molar-refractivity contribution >= 4 is 0 Å². The van der Waals surface area contributed by atoms with E-state index in [-0.39, 0.29) is 0 Å². The summed E-state index contributed by atoms with van der Waals surface area (Å²) in [5.74, 6) is 1.06. The monoisotopic (exact) mass is 239 g/mol. The fraction of sp³-hybridized carbons (Fsp3) is 0.692. The summed E-state index contributed by atoms with van der Waals surface area (Å²) in [6.45, 7) is 4.35. The smallest absolute Gasteiger partial charge is 0.147 e. The second kappa shape index (κ2) is 6.79. The number of furan rings is 1. The predicted molar refractivity (Wildman–Crippen MR) is 64.8 cm³/mol. The molecule has 1 aliphatic heterocycles. The number of nitrogens with one attached hydrogen (secondary N) is 1. The zero-order valence-electron chi connectivity index (χ0n) is 10.4. The Balaban J connectivity index is 1.58. The van der Waals surface area contributed by atoms with Crippen LogP contribution in [0, 0.1) is 0 Å². The molecule has 0 radical (unpaired) electrons. The highest BCUT2D eigenvalue weighted by Crippen LogP contribution is 2.08. The summed E-state index contributed by atoms with van der Waals surface area (Å²) in [5, 5.41) is 3.49. The third kappa shape index (κ3) is 4.50. The lowest BCUT2D eigenvalue weighted by Gasteiger charge is -2.24. The molecular weight excluding hydrogens is 218 g/mol. The van der Waals surface area contributed by atoms with Gasteiger partial charge in [-0.3, -0.25) is 0 Å². The van der Waals surface area contributed by atoms with Crippen molar-refractivity contribution in [3.05, 3.63) is 24.2 Å². The van der Waals surface area contributed by atoms with E-state index in [1.54, 1.807) is 6.26 Å². The first-order chi connectivity index (χ1) is 8.34. The van der Waals surface area contributed by atoms with Gasteiger partial charge < -0.3 is 19.2 Å². The van der Waals surface area contributed by atoms with Crippen LogP contribution in [-0.4, -0.2) is 32.1 Å². The molecule has 96 valence electrons. The summed E-state index contributed by atoms with van der Waals surface area (Å²) < 4.78 is 15.9. The summed E-state index contributed by atoms with van der Waals surface area (Å²) in [6.07, 6.45) is 5.07. The molecule has 0 aliphatic carbocycles. The van der Waals surface area contributed by atoms with Crippen molar-refractivity contribution in [2.45, 2.75) is 38.3 Å². The Labute approximate surface area is 102 Å². The van der Waals surface area contributed by atoms with E-state index in [9.17, 15) is 0 Å². The highest BCUT2D eigenvalue weighted by Gasteiger charge is 2.14. The van der Waals surface area contributed by atoms with Crippen LogP contribution >= 0.6 is 0 Å². The molecule has 2 unspecified atom stereocenters. The molecule has 2 atom stereocenters. The zero-order valence-corrected chi connectivity index (χ0v) is 10.4. The summed E-state index contributed by atoms with van der Waals surface area (Å²) in [4.78, 5) is 0. The van der Waals surface area contributed by atoms with Crippen LogP contribution in [0.1, 0.15) is 25.5 Å². The van der Waals surface area contributed by atoms with Crippen molar-refractivity contribution in [3.63, 3.8) is 0 Å². The topological polar surface area (TPSA) is 43.6 Å². The van der Waals surface area contributed by atoms with Crippen LogP contribution in [0.5, 0.6) is 0 Å². The third-order valence-corrected chi connectivity index (χ3v) is 3.07. The van der Waals surface area contributed by atoms with Gasteiger partial charge >= 0.3 is 0 Å². The van der Waals surface area contributed by atoms with Crippen LogP contribution in [-0.2, 0) is 15.9 Å². The summed E-state index contributed by atoms with van der Waals surface area (Å²) in [5.41, 5.74) is 0. The van der Waals surface area contributed by atoms with E-state index in [0.29, 0.717) is 18.9 Å². The van der Waals surface area contributed by atoms with Gasteiger partial charge in [0.1, 0.15) is 12.6 Å². The fourth-order valence-corrected chi connectivity index (χ4v) is 1.91. The van der Waals surface area contributed by atoms with E-state index in [1.807, 2.05) is 12.1 Å². The lowest BCUT2D eigenvalue weighted by molar-refractivity contribution is -0.137. The van der Waals surface area contributed by atoms with Crippen molar-refractivity contribution < 1.29 is 13.9 Å². The Kier molecular flexibility index (Phi) is 5.04. The molecule has 1 aromatic heterocycles. The minimum Gasteiger partial charge on any atom is -0.469 e. The van der Waals surface area contributed by atoms with Gasteiger partial charge in [0.2, 0.25) is 0 Å². The van der Waals surface area contributed by atoms with Crippen molar-refractivity contribution in [2.75, 3.05) is 19.9 Å². The summed E-state index contributed by atoms with van der Waals surface area (Å²) in [7, 11) is 0. The first-order valence-electron chi connectivity index (χ1n) is 6.29. The van der Waals surface area contributed by atoms with Gasteiger partial charge in [-0.05, 0) is 31.9 Å². The van der Waals surface area contributed by atoms with Gasteiger partial charge in [0.05, 0.1) is 19.0 Å². The van der Waals surface area contributed by atoms with Crippen LogP contribution < -0.4 is 5.32 Å². The Bertz CT molecular complexity index is 294. The standard InChI is InChI=1S/C13H21NO3/c1-11(4-5-12-3-2-7-16-12)14-9-13-6-8-15-10-17-13/h2-3,7,11,13-14H,4-6,8-10H2,1H3. The molecule has 0 aromatic carbocycles. The Hall–Kier alpha value is -0.840. The SMILES string of the molecule is CC(CCc1ccco1)NCC1CCOCO1. The average molecular weight is 239 g/mol. The van der Waals surface area contributed by atoms with E-state index in [2.05, 4.69) is 12.2 Å². The fourth-order valence-electron chi connectivity index (χ4n) is 1.91. The Morgan fingerprint density at radius 2 is 2.47 bits per heavy atom. The number of aryl methyl sites for hydroxylation is 1. The molecule has 4 heteroatoms. The van der Waals surface area contributed by atoms with Crippen molar-refractivity contribution in [3.8, 4) is 0 Å². The largest absolute Gasteiger partial charge is 0.469 e. The van der Waals surface area contributed by atoms with Gasteiger partial charge in [0.15, 0.2) is 0 Å². The van der Waals surface area contributed by atoms with Gasteiger partial charge in [0, 0.05) is 19.0 Å². The van der Waals surface area contributed by atoms with Gasteiger partial charge in [0.25, 0.3) is 0 Å². The molecule has 1 saturated heterocycles. The third-order valence-electron chi connectivity index (χ3n) is 3.07. The first kappa shape index (κ1) is 12.6. The maximum atomic E-state index is 5.48. The molecular formula is C13H21NO3. The summed E-state index contributed by atoms with van der Waals surface area (Å²) in [6, 6.07) is 4.43. The van der Waals surface area contributed by atoms with Crippen molar-refractivity contribution in [2.24, 2.45) is 0 Å². The summed E-state index contributed by atoms with van der Waals surface area (Å²) >= 11 is 0. The van der Waals surface area contributed by atoms with Crippen molar-refractivity contribution in [1.29, 1.82) is 0 Å². The van der Waals surface area contributed by atoms with Gasteiger partial charge in [-0.15, -0.1) is 0 Å². The van der Waals surface area contributed by atoms with Gasteiger partial charge in [-0.25, -0.2) is 0 Å². The molecule has 17 heavy (non-hydrogen) atoms. The first-order valence-corrected chi connectivity index (χ1v) is 6.29. The van der Waals surface area contributed by atoms with E-state index >= 15 is 0 Å². The van der Waals surface area contributed by atoms with E-state index in [0.717, 1.165) is 38.2 Å². The van der Waals surface area contributed by atoms with Gasteiger partial charge in [-0.2, -0.15) is 0 Å². The van der Waals surface area contributed by atoms with Crippen LogP contribution in [0.2, 0.25) is 0 Å². The van der Waals surface area contributed by atoms with Gasteiger partial charge in [-0.1, -0.05) is 0 Å². The average Bonchev–Trinajstić information content (AvgIpc) is 2.88. The lowest BCUT2D eigenvalue weighted by atomic mass is 10.1. The lowest BCUT2D eigenvalue weighted by Crippen LogP contribution is -2.38. The van der Waals surface area contributed by atoms with Crippen LogP contribution in [0.3, 0.4) is 0 Å². The second-order valence-electron chi connectivity index (χ2n) is 4.53. The quantitative estimate of drug-likeness (QED) is 0.824. The second-order valence-corrected chi connectivity index (χ2v) is 4.53. The maximum Gasteiger partial charge on any atom is 0.147 e. The molecule has 1 fully saturated rings. The maximum absolute atomic E-state index is 5.48. The molecule has 0 saturated carbocycles. The normalized spacial score (nSPS) is 22.5. The molecule has 0 amide bonds. The Morgan fingerprint density at radius 3 is 3.18 bits per heavy atom. The molecule has 1 N–H and O–H groups in total. The van der Waals surface area contributed by atoms with E-state index in [1.165, 1.54) is 0 Å². The number of hydrogen-bond donors (Lipinski definition) is 1. The predicted octanol–water partition coefficient (Wildman–Crippen LogP) is 1.95. The molecule has 1 aliphatic rings. The highest BCUT2D eigenvalue weighted by atomic mass is 16.7. The zero-order chi connectivity index (χ0) is 11.9. The Morgan fingerprint density at radius 1 is 1.53 bits per heavy atom. The highest BCUT2D eigenvalue weighted by molar-refractivity contribution is 4.98. The molecule has 2 rings (SSSR count). The molecule has 4 nitrogen and oxygen atoms in total. The van der Waals surface area contributed by atoms with Crippen LogP contribution in [0.25, 0.3) is 0 Å².